The monoisotopic (exact) mass is 305 g/mol. The molecule has 0 saturated carbocycles. The molecule has 0 unspecified atom stereocenters. The van der Waals surface area contributed by atoms with Gasteiger partial charge in [0.05, 0.1) is 5.56 Å². The van der Waals surface area contributed by atoms with Gasteiger partial charge in [0.2, 0.25) is 0 Å². The predicted molar refractivity (Wildman–Crippen MR) is 55.7 cm³/mol. The molecule has 0 radical (unpaired) electrons. The third-order valence-electron chi connectivity index (χ3n) is 2.45. The maximum atomic E-state index is 13.7. The molecule has 1 aromatic heterocycles. The van der Waals surface area contributed by atoms with E-state index in [1.807, 2.05) is 0 Å². The third kappa shape index (κ3) is 2.20. The van der Waals surface area contributed by atoms with Crippen LogP contribution < -0.4 is 0 Å². The number of carboxylic acid groups (broad SMARTS) is 2. The van der Waals surface area contributed by atoms with E-state index in [1.54, 1.807) is 0 Å². The molecule has 2 N–H and O–H groups in total. The number of benzene rings is 1. The van der Waals surface area contributed by atoms with Gasteiger partial charge in [0.25, 0.3) is 0 Å². The summed E-state index contributed by atoms with van der Waals surface area (Å²) in [7, 11) is 0. The Morgan fingerprint density at radius 3 is 1.86 bits per heavy atom. The van der Waals surface area contributed by atoms with E-state index in [-0.39, 0.29) is 0 Å². The minimum Gasteiger partial charge on any atom is -0.477 e. The van der Waals surface area contributed by atoms with Crippen molar-refractivity contribution in [2.75, 3.05) is 0 Å². The van der Waals surface area contributed by atoms with Crippen molar-refractivity contribution in [1.29, 1.82) is 0 Å². The second kappa shape index (κ2) is 4.89. The number of hydrogen-bond acceptors (Lipinski definition) is 4. The SMILES string of the molecule is O=C(O)c1cc(-c2c(F)c(F)c(C(=O)O)c(F)c2F)on1. The summed E-state index contributed by atoms with van der Waals surface area (Å²) in [5.41, 5.74) is -3.96. The Bertz CT molecular complexity index is 741. The minimum atomic E-state index is -2.21. The Morgan fingerprint density at radius 2 is 1.48 bits per heavy atom. The molecule has 0 amide bonds. The van der Waals surface area contributed by atoms with E-state index in [4.69, 9.17) is 10.2 Å². The van der Waals surface area contributed by atoms with Gasteiger partial charge in [-0.05, 0) is 0 Å². The van der Waals surface area contributed by atoms with Crippen molar-refractivity contribution in [2.45, 2.75) is 0 Å². The smallest absolute Gasteiger partial charge is 0.358 e. The highest BCUT2D eigenvalue weighted by molar-refractivity contribution is 5.90. The largest absolute Gasteiger partial charge is 0.477 e. The van der Waals surface area contributed by atoms with E-state index in [9.17, 15) is 27.2 Å². The Kier molecular flexibility index (Phi) is 3.37. The summed E-state index contributed by atoms with van der Waals surface area (Å²) in [6, 6.07) is 0.531. The Labute approximate surface area is 112 Å². The van der Waals surface area contributed by atoms with Crippen molar-refractivity contribution in [1.82, 2.24) is 5.16 Å². The molecule has 0 spiro atoms. The Hall–Kier alpha value is -2.91. The number of aromatic nitrogens is 1. The van der Waals surface area contributed by atoms with Crippen LogP contribution >= 0.6 is 0 Å². The molecule has 2 rings (SSSR count). The van der Waals surface area contributed by atoms with Gasteiger partial charge < -0.3 is 14.7 Å². The van der Waals surface area contributed by atoms with E-state index >= 15 is 0 Å². The number of aromatic carboxylic acids is 2. The highest BCUT2D eigenvalue weighted by Crippen LogP contribution is 2.32. The molecule has 0 aliphatic heterocycles. The molecule has 110 valence electrons. The average Bonchev–Trinajstić information content (AvgIpc) is 2.86. The minimum absolute atomic E-state index is 0.531. The highest BCUT2D eigenvalue weighted by Gasteiger charge is 2.31. The number of carbonyl (C=O) groups is 2. The summed E-state index contributed by atoms with van der Waals surface area (Å²) in [5.74, 6) is -13.1. The molecule has 2 aromatic rings. The van der Waals surface area contributed by atoms with Crippen LogP contribution in [0, 0.1) is 23.3 Å². The molecule has 6 nitrogen and oxygen atoms in total. The molecule has 0 aliphatic carbocycles. The number of hydrogen-bond donors (Lipinski definition) is 2. The fraction of sp³-hybridized carbons (Fsp3) is 0. The fourth-order valence-corrected chi connectivity index (χ4v) is 1.53. The first-order chi connectivity index (χ1) is 9.75. The summed E-state index contributed by atoms with van der Waals surface area (Å²) in [6.07, 6.45) is 0. The van der Waals surface area contributed by atoms with Gasteiger partial charge in [-0.1, -0.05) is 5.16 Å². The molecule has 0 bridgehead atoms. The van der Waals surface area contributed by atoms with Gasteiger partial charge in [0.15, 0.2) is 34.7 Å². The lowest BCUT2D eigenvalue weighted by molar-refractivity contribution is 0.0673. The van der Waals surface area contributed by atoms with Crippen LogP contribution in [-0.4, -0.2) is 27.3 Å². The Balaban J connectivity index is 2.75. The van der Waals surface area contributed by atoms with Gasteiger partial charge in [0.1, 0.15) is 5.56 Å². The third-order valence-corrected chi connectivity index (χ3v) is 2.45. The van der Waals surface area contributed by atoms with Crippen LogP contribution in [0.5, 0.6) is 0 Å². The second-order valence-electron chi connectivity index (χ2n) is 3.69. The van der Waals surface area contributed by atoms with Crippen molar-refractivity contribution in [3.05, 3.63) is 40.6 Å². The summed E-state index contributed by atoms with van der Waals surface area (Å²) >= 11 is 0. The first-order valence-electron chi connectivity index (χ1n) is 5.05. The lowest BCUT2D eigenvalue weighted by Crippen LogP contribution is -2.11. The molecule has 0 aliphatic rings. The van der Waals surface area contributed by atoms with Crippen LogP contribution in [0.15, 0.2) is 10.6 Å². The summed E-state index contributed by atoms with van der Waals surface area (Å²) < 4.78 is 58.6. The van der Waals surface area contributed by atoms with E-state index in [0.29, 0.717) is 6.07 Å². The van der Waals surface area contributed by atoms with Crippen LogP contribution in [0.3, 0.4) is 0 Å². The molecule has 21 heavy (non-hydrogen) atoms. The van der Waals surface area contributed by atoms with E-state index in [0.717, 1.165) is 0 Å². The zero-order valence-corrected chi connectivity index (χ0v) is 9.66. The van der Waals surface area contributed by atoms with Crippen LogP contribution in [0.2, 0.25) is 0 Å². The van der Waals surface area contributed by atoms with Crippen molar-refractivity contribution >= 4 is 11.9 Å². The van der Waals surface area contributed by atoms with Gasteiger partial charge in [0, 0.05) is 6.07 Å². The number of nitrogens with zero attached hydrogens (tertiary/aromatic N) is 1. The van der Waals surface area contributed by atoms with Crippen LogP contribution in [0.4, 0.5) is 17.6 Å². The number of rotatable bonds is 3. The first kappa shape index (κ1) is 14.5. The standard InChI is InChI=1S/C11H3F4NO5/c12-6-4(3-1-2(10(17)18)16-21-3)7(13)9(15)5(8(6)14)11(19)20/h1H,(H,17,18)(H,19,20). The summed E-state index contributed by atoms with van der Waals surface area (Å²) in [5, 5.41) is 20.0. The van der Waals surface area contributed by atoms with Crippen LogP contribution in [0.1, 0.15) is 20.8 Å². The highest BCUT2D eigenvalue weighted by atomic mass is 19.2. The molecule has 0 saturated heterocycles. The topological polar surface area (TPSA) is 101 Å². The molecular weight excluding hydrogens is 302 g/mol. The van der Waals surface area contributed by atoms with Crippen molar-refractivity contribution < 1.29 is 41.9 Å². The van der Waals surface area contributed by atoms with Crippen molar-refractivity contribution in [3.63, 3.8) is 0 Å². The Morgan fingerprint density at radius 1 is 0.952 bits per heavy atom. The van der Waals surface area contributed by atoms with Gasteiger partial charge in [-0.3, -0.25) is 0 Å². The van der Waals surface area contributed by atoms with Gasteiger partial charge in [-0.2, -0.15) is 0 Å². The molecule has 10 heteroatoms. The fourth-order valence-electron chi connectivity index (χ4n) is 1.53. The second-order valence-corrected chi connectivity index (χ2v) is 3.69. The zero-order chi connectivity index (χ0) is 15.9. The predicted octanol–water partition coefficient (Wildman–Crippen LogP) is 2.29. The van der Waals surface area contributed by atoms with E-state index in [1.165, 1.54) is 0 Å². The quantitative estimate of drug-likeness (QED) is 0.666. The molecule has 1 aromatic carbocycles. The molecule has 0 atom stereocenters. The summed E-state index contributed by atoms with van der Waals surface area (Å²) in [4.78, 5) is 21.1. The maximum absolute atomic E-state index is 13.7. The molecule has 0 fully saturated rings. The molecular formula is C11H3F4NO5. The van der Waals surface area contributed by atoms with Crippen LogP contribution in [0.25, 0.3) is 11.3 Å². The number of halogens is 4. The van der Waals surface area contributed by atoms with E-state index in [2.05, 4.69) is 9.68 Å². The first-order valence-corrected chi connectivity index (χ1v) is 5.05. The lowest BCUT2D eigenvalue weighted by Gasteiger charge is -2.07. The van der Waals surface area contributed by atoms with Crippen molar-refractivity contribution in [2.24, 2.45) is 0 Å². The van der Waals surface area contributed by atoms with E-state index < -0.39 is 57.8 Å². The van der Waals surface area contributed by atoms with Gasteiger partial charge >= 0.3 is 11.9 Å². The lowest BCUT2D eigenvalue weighted by atomic mass is 10.1. The zero-order valence-electron chi connectivity index (χ0n) is 9.66. The summed E-state index contributed by atoms with van der Waals surface area (Å²) in [6.45, 7) is 0. The average molecular weight is 305 g/mol. The normalized spacial score (nSPS) is 10.7. The molecule has 1 heterocycles. The van der Waals surface area contributed by atoms with Crippen molar-refractivity contribution in [3.8, 4) is 11.3 Å². The van der Waals surface area contributed by atoms with Gasteiger partial charge in [-0.25, -0.2) is 27.2 Å². The maximum Gasteiger partial charge on any atom is 0.358 e. The van der Waals surface area contributed by atoms with Crippen LogP contribution in [-0.2, 0) is 0 Å². The van der Waals surface area contributed by atoms with Gasteiger partial charge in [-0.15, -0.1) is 0 Å². The number of carboxylic acids is 2.